The summed E-state index contributed by atoms with van der Waals surface area (Å²) in [6.45, 7) is 0. The van der Waals surface area contributed by atoms with E-state index in [-0.39, 0.29) is 0 Å². The van der Waals surface area contributed by atoms with Crippen LogP contribution in [0.1, 0.15) is 5.56 Å². The van der Waals surface area contributed by atoms with Gasteiger partial charge in [-0.3, -0.25) is 0 Å². The van der Waals surface area contributed by atoms with E-state index in [2.05, 4.69) is 20.6 Å². The standard InChI is InChI=1S/C11H7N4O/c16-11-13-8-6-12-9(14-10(8)15-11)7-4-2-1-3-5-7/h1-6H,(H,12,14,15,16). The van der Waals surface area contributed by atoms with E-state index in [9.17, 15) is 4.79 Å². The molecule has 0 fully saturated rings. The van der Waals surface area contributed by atoms with Gasteiger partial charge in [-0.15, -0.1) is 0 Å². The third-order valence-electron chi connectivity index (χ3n) is 2.26. The van der Waals surface area contributed by atoms with E-state index in [1.165, 1.54) is 0 Å². The molecule has 0 bridgehead atoms. The molecule has 1 N–H and O–H groups in total. The number of nitrogens with zero attached hydrogens (tertiary/aromatic N) is 3. The zero-order chi connectivity index (χ0) is 11.0. The lowest BCUT2D eigenvalue weighted by Crippen LogP contribution is -2.27. The fraction of sp³-hybridized carbons (Fsp3) is 0. The third-order valence-corrected chi connectivity index (χ3v) is 2.26. The van der Waals surface area contributed by atoms with Gasteiger partial charge in [-0.05, 0) is 0 Å². The molecule has 2 amide bonds. The molecule has 0 saturated heterocycles. The van der Waals surface area contributed by atoms with Crippen LogP contribution in [-0.4, -0.2) is 17.7 Å². The van der Waals surface area contributed by atoms with Crippen LogP contribution in [0.4, 0.5) is 4.79 Å². The number of nitrogens with one attached hydrogen (secondary N) is 1. The fourth-order valence-electron chi connectivity index (χ4n) is 1.52. The number of amides is 2. The van der Waals surface area contributed by atoms with Gasteiger partial charge in [0.2, 0.25) is 0 Å². The first-order chi connectivity index (χ1) is 7.83. The van der Waals surface area contributed by atoms with E-state index in [1.54, 1.807) is 6.20 Å². The van der Waals surface area contributed by atoms with Gasteiger partial charge < -0.3 is 5.32 Å². The zero-order valence-electron chi connectivity index (χ0n) is 8.21. The number of carbonyl (C=O) groups excluding carboxylic acids is 1. The lowest BCUT2D eigenvalue weighted by molar-refractivity contribution is 0.252. The molecule has 0 spiro atoms. The maximum Gasteiger partial charge on any atom is 0.369 e. The first-order valence-corrected chi connectivity index (χ1v) is 4.78. The van der Waals surface area contributed by atoms with Crippen LogP contribution in [0.3, 0.4) is 0 Å². The number of carbonyl (C=O) groups is 1. The molecule has 5 nitrogen and oxygen atoms in total. The number of aliphatic imine (C=N–C) groups is 2. The predicted molar refractivity (Wildman–Crippen MR) is 59.2 cm³/mol. The molecule has 2 heterocycles. The van der Waals surface area contributed by atoms with Crippen LogP contribution in [0, 0.1) is 0 Å². The van der Waals surface area contributed by atoms with Crippen LogP contribution < -0.4 is 10.6 Å². The summed E-state index contributed by atoms with van der Waals surface area (Å²) in [5.74, 6) is 1.05. The lowest BCUT2D eigenvalue weighted by atomic mass is 10.2. The topological polar surface area (TPSA) is 67.9 Å². The highest BCUT2D eigenvalue weighted by Gasteiger charge is 2.24. The Balaban J connectivity index is 1.99. The molecule has 0 saturated carbocycles. The Morgan fingerprint density at radius 2 is 1.88 bits per heavy atom. The Labute approximate surface area is 91.6 Å². The van der Waals surface area contributed by atoms with Crippen molar-refractivity contribution in [2.45, 2.75) is 0 Å². The number of amidine groups is 2. The first-order valence-electron chi connectivity index (χ1n) is 4.78. The minimum Gasteiger partial charge on any atom is -0.344 e. The van der Waals surface area contributed by atoms with Gasteiger partial charge in [0, 0.05) is 11.8 Å². The van der Waals surface area contributed by atoms with E-state index in [4.69, 9.17) is 0 Å². The Kier molecular flexibility index (Phi) is 1.83. The van der Waals surface area contributed by atoms with Gasteiger partial charge in [0.15, 0.2) is 5.84 Å². The predicted octanol–water partition coefficient (Wildman–Crippen LogP) is 1.01. The zero-order valence-corrected chi connectivity index (χ0v) is 8.21. The van der Waals surface area contributed by atoms with Crippen molar-refractivity contribution in [1.82, 2.24) is 10.6 Å². The highest BCUT2D eigenvalue weighted by molar-refractivity contribution is 6.19. The summed E-state index contributed by atoms with van der Waals surface area (Å²) >= 11 is 0. The van der Waals surface area contributed by atoms with Gasteiger partial charge in [-0.2, -0.15) is 10.3 Å². The number of fused-ring (bicyclic) bond motifs is 1. The van der Waals surface area contributed by atoms with Gasteiger partial charge in [0.25, 0.3) is 0 Å². The molecular weight excluding hydrogens is 204 g/mol. The monoisotopic (exact) mass is 211 g/mol. The lowest BCUT2D eigenvalue weighted by Gasteiger charge is -2.11. The van der Waals surface area contributed by atoms with Gasteiger partial charge in [-0.1, -0.05) is 30.3 Å². The maximum absolute atomic E-state index is 11.0. The van der Waals surface area contributed by atoms with Crippen LogP contribution in [0.2, 0.25) is 0 Å². The van der Waals surface area contributed by atoms with E-state index in [1.807, 2.05) is 30.3 Å². The molecule has 0 unspecified atom stereocenters. The Morgan fingerprint density at radius 1 is 1.06 bits per heavy atom. The molecule has 0 atom stereocenters. The van der Waals surface area contributed by atoms with Gasteiger partial charge in [-0.25, -0.2) is 9.79 Å². The molecule has 1 aromatic rings. The van der Waals surface area contributed by atoms with Gasteiger partial charge >= 0.3 is 6.03 Å². The summed E-state index contributed by atoms with van der Waals surface area (Å²) in [4.78, 5) is 18.9. The van der Waals surface area contributed by atoms with E-state index < -0.39 is 6.03 Å². The number of rotatable bonds is 1. The van der Waals surface area contributed by atoms with Crippen molar-refractivity contribution in [2.24, 2.45) is 9.98 Å². The minimum atomic E-state index is -0.499. The molecule has 1 radical (unpaired) electrons. The second-order valence-corrected chi connectivity index (χ2v) is 3.33. The van der Waals surface area contributed by atoms with Crippen molar-refractivity contribution >= 4 is 17.7 Å². The van der Waals surface area contributed by atoms with E-state index in [0.29, 0.717) is 17.4 Å². The Bertz CT molecular complexity index is 542. The molecular formula is C11H7N4O. The second-order valence-electron chi connectivity index (χ2n) is 3.33. The molecule has 0 aliphatic carbocycles. The van der Waals surface area contributed by atoms with Gasteiger partial charge in [0.1, 0.15) is 11.5 Å². The highest BCUT2D eigenvalue weighted by atomic mass is 16.2. The summed E-state index contributed by atoms with van der Waals surface area (Å²) < 4.78 is 0. The minimum absolute atomic E-state index is 0.377. The summed E-state index contributed by atoms with van der Waals surface area (Å²) in [6, 6.07) is 9.13. The van der Waals surface area contributed by atoms with Crippen LogP contribution >= 0.6 is 0 Å². The van der Waals surface area contributed by atoms with Crippen LogP contribution in [0.5, 0.6) is 0 Å². The number of urea groups is 1. The average molecular weight is 211 g/mol. The quantitative estimate of drug-likeness (QED) is 0.753. The van der Waals surface area contributed by atoms with Crippen LogP contribution in [0.25, 0.3) is 0 Å². The SMILES string of the molecule is O=C1[N]C2=CNC(c3ccccc3)=NC2=N1. The summed E-state index contributed by atoms with van der Waals surface area (Å²) in [5, 5.41) is 6.68. The average Bonchev–Trinajstić information content (AvgIpc) is 2.69. The molecule has 2 aliphatic heterocycles. The van der Waals surface area contributed by atoms with Crippen molar-refractivity contribution in [1.29, 1.82) is 0 Å². The number of hydrogen-bond acceptors (Lipinski definition) is 3. The molecule has 5 heteroatoms. The second kappa shape index (κ2) is 3.30. The van der Waals surface area contributed by atoms with E-state index >= 15 is 0 Å². The largest absolute Gasteiger partial charge is 0.369 e. The molecule has 2 aliphatic rings. The van der Waals surface area contributed by atoms with Crippen molar-refractivity contribution in [3.05, 3.63) is 47.8 Å². The Hall–Kier alpha value is -2.43. The molecule has 3 rings (SSSR count). The summed E-state index contributed by atoms with van der Waals surface area (Å²) in [7, 11) is 0. The van der Waals surface area contributed by atoms with Crippen LogP contribution in [-0.2, 0) is 0 Å². The number of benzene rings is 1. The third kappa shape index (κ3) is 1.38. The summed E-state index contributed by atoms with van der Waals surface area (Å²) in [6.07, 6.45) is 1.64. The molecule has 1 aromatic carbocycles. The van der Waals surface area contributed by atoms with E-state index in [0.717, 1.165) is 5.56 Å². The molecule has 77 valence electrons. The first kappa shape index (κ1) is 8.84. The van der Waals surface area contributed by atoms with Gasteiger partial charge in [0.05, 0.1) is 0 Å². The van der Waals surface area contributed by atoms with Crippen molar-refractivity contribution in [3.63, 3.8) is 0 Å². The van der Waals surface area contributed by atoms with Crippen molar-refractivity contribution < 1.29 is 4.79 Å². The summed E-state index contributed by atoms with van der Waals surface area (Å²) in [5.41, 5.74) is 1.43. The van der Waals surface area contributed by atoms with Crippen molar-refractivity contribution in [2.75, 3.05) is 0 Å². The molecule has 0 aromatic heterocycles. The highest BCUT2D eigenvalue weighted by Crippen LogP contribution is 2.12. The molecule has 16 heavy (non-hydrogen) atoms. The normalized spacial score (nSPS) is 17.8. The maximum atomic E-state index is 11.0. The van der Waals surface area contributed by atoms with Crippen molar-refractivity contribution in [3.8, 4) is 0 Å². The number of hydrogen-bond donors (Lipinski definition) is 1. The Morgan fingerprint density at radius 3 is 2.69 bits per heavy atom. The van der Waals surface area contributed by atoms with Crippen LogP contribution in [0.15, 0.2) is 52.2 Å². The smallest absolute Gasteiger partial charge is 0.344 e. The fourth-order valence-corrected chi connectivity index (χ4v) is 1.52.